The molecule has 4 N–H and O–H groups in total. The van der Waals surface area contributed by atoms with Gasteiger partial charge >= 0.3 is 6.18 Å². The summed E-state index contributed by atoms with van der Waals surface area (Å²) < 4.78 is 72.4. The first-order chi connectivity index (χ1) is 17.8. The van der Waals surface area contributed by atoms with Gasteiger partial charge in [0.1, 0.15) is 5.82 Å². The number of halogens is 3. The van der Waals surface area contributed by atoms with Crippen LogP contribution in [0.2, 0.25) is 0 Å². The molecule has 0 saturated carbocycles. The summed E-state index contributed by atoms with van der Waals surface area (Å²) in [5, 5.41) is 4.42. The summed E-state index contributed by atoms with van der Waals surface area (Å²) in [5.41, 5.74) is -5.48. The number of carbonyl (C=O) groups excluding carboxylic acids is 2. The second-order valence-electron chi connectivity index (χ2n) is 8.38. The van der Waals surface area contributed by atoms with E-state index in [1.54, 1.807) is 30.3 Å². The number of hydrogen-bond donors (Lipinski definition) is 4. The quantitative estimate of drug-likeness (QED) is 0.324. The maximum atomic E-state index is 14.6. The van der Waals surface area contributed by atoms with E-state index in [0.29, 0.717) is 0 Å². The van der Waals surface area contributed by atoms with Gasteiger partial charge < -0.3 is 15.2 Å². The van der Waals surface area contributed by atoms with Crippen molar-refractivity contribution in [3.05, 3.63) is 80.8 Å². The first kappa shape index (κ1) is 27.2. The molecule has 10 nitrogen and oxygen atoms in total. The van der Waals surface area contributed by atoms with Gasteiger partial charge in [-0.2, -0.15) is 17.9 Å². The number of aromatic nitrogens is 2. The van der Waals surface area contributed by atoms with Crippen LogP contribution in [-0.2, 0) is 38.1 Å². The zero-order valence-corrected chi connectivity index (χ0v) is 21.2. The Balaban J connectivity index is 1.81. The van der Waals surface area contributed by atoms with E-state index in [4.69, 9.17) is 12.2 Å². The number of sulfonamides is 1. The van der Waals surface area contributed by atoms with Crippen molar-refractivity contribution in [1.29, 1.82) is 0 Å². The molecule has 0 bridgehead atoms. The molecule has 0 radical (unpaired) electrons. The molecule has 2 amide bonds. The van der Waals surface area contributed by atoms with Gasteiger partial charge in [0.2, 0.25) is 21.5 Å². The number of benzene rings is 2. The Hall–Kier alpha value is -3.82. The molecule has 38 heavy (non-hydrogen) atoms. The number of fused-ring (bicyclic) bond motifs is 1. The molecule has 4 rings (SSSR count). The van der Waals surface area contributed by atoms with Crippen molar-refractivity contribution in [2.24, 2.45) is 0 Å². The highest BCUT2D eigenvalue weighted by atomic mass is 32.2. The molecule has 0 aliphatic carbocycles. The van der Waals surface area contributed by atoms with E-state index < -0.39 is 55.4 Å². The summed E-state index contributed by atoms with van der Waals surface area (Å²) >= 11 is 5.14. The summed E-state index contributed by atoms with van der Waals surface area (Å²) in [6.07, 6.45) is -5.28. The normalized spacial score (nSPS) is 17.1. The predicted molar refractivity (Wildman–Crippen MR) is 133 cm³/mol. The van der Waals surface area contributed by atoms with Crippen LogP contribution >= 0.6 is 12.2 Å². The smallest absolute Gasteiger partial charge is 0.326 e. The largest absolute Gasteiger partial charge is 0.421 e. The fourth-order valence-corrected chi connectivity index (χ4v) is 5.67. The van der Waals surface area contributed by atoms with E-state index in [2.05, 4.69) is 10.3 Å². The molecule has 1 atom stereocenters. The number of carbonyl (C=O) groups is 2. The lowest BCUT2D eigenvalue weighted by Crippen LogP contribution is -2.61. The summed E-state index contributed by atoms with van der Waals surface area (Å²) in [6, 6.07) is 13.1. The van der Waals surface area contributed by atoms with Gasteiger partial charge in [0.25, 0.3) is 11.5 Å². The Labute approximate surface area is 218 Å². The molecule has 0 saturated heterocycles. The van der Waals surface area contributed by atoms with Crippen LogP contribution in [-0.4, -0.2) is 36.0 Å². The number of aryl methyl sites for hydroxylation is 1. The molecule has 3 aromatic rings. The van der Waals surface area contributed by atoms with Gasteiger partial charge in [-0.15, -0.1) is 0 Å². The van der Waals surface area contributed by atoms with Crippen LogP contribution in [0.15, 0.2) is 64.3 Å². The summed E-state index contributed by atoms with van der Waals surface area (Å²) in [7, 11) is -5.03. The number of anilines is 2. The minimum atomic E-state index is -5.57. The van der Waals surface area contributed by atoms with Gasteiger partial charge in [-0.3, -0.25) is 19.4 Å². The first-order valence-electron chi connectivity index (χ1n) is 11.0. The fraction of sp³-hybridized carbons (Fsp3) is 0.217. The van der Waals surface area contributed by atoms with Crippen molar-refractivity contribution in [2.75, 3.05) is 10.6 Å². The lowest BCUT2D eigenvalue weighted by atomic mass is 9.93. The number of rotatable bonds is 7. The number of amides is 2. The number of nitrogens with zero attached hydrogens (tertiary/aromatic N) is 1. The standard InChI is InChI=1S/C23H20F3N5O5S2/c1-13(32)27-15-7-9-16(10-8-15)38(35,36)30-22(23(24,25)26)17-18(28-20(22)34)31(21(37)29-19(17)33)12-11-14-5-3-2-4-6-14/h2-10,30H,11-12H2,1H3,(H,27,32)(H,28,34)(H,29,33,37)/t22-/m1/s1. The van der Waals surface area contributed by atoms with E-state index >= 15 is 0 Å². The van der Waals surface area contributed by atoms with Crippen LogP contribution in [0.3, 0.4) is 0 Å². The van der Waals surface area contributed by atoms with Crippen molar-refractivity contribution in [2.45, 2.75) is 36.5 Å². The minimum Gasteiger partial charge on any atom is -0.326 e. The van der Waals surface area contributed by atoms with E-state index in [9.17, 15) is 36.0 Å². The molecule has 0 spiro atoms. The SMILES string of the molecule is CC(=O)Nc1ccc(S(=O)(=O)N[C@@]2(C(F)(F)F)C(=O)Nc3c2c(=O)[nH]c(=S)n3CCc2ccccc2)cc1. The highest BCUT2D eigenvalue weighted by Crippen LogP contribution is 2.46. The zero-order valence-electron chi connectivity index (χ0n) is 19.5. The molecule has 2 aromatic carbocycles. The third-order valence-corrected chi connectivity index (χ3v) is 7.60. The molecule has 200 valence electrons. The predicted octanol–water partition coefficient (Wildman–Crippen LogP) is 2.80. The fourth-order valence-electron chi connectivity index (χ4n) is 4.07. The van der Waals surface area contributed by atoms with E-state index in [-0.39, 0.29) is 23.4 Å². The van der Waals surface area contributed by atoms with Crippen LogP contribution in [0.25, 0.3) is 0 Å². The lowest BCUT2D eigenvalue weighted by Gasteiger charge is -2.29. The lowest BCUT2D eigenvalue weighted by molar-refractivity contribution is -0.194. The van der Waals surface area contributed by atoms with Crippen LogP contribution in [0.1, 0.15) is 18.1 Å². The second kappa shape index (κ2) is 9.81. The summed E-state index contributed by atoms with van der Waals surface area (Å²) in [4.78, 5) is 38.5. The number of aromatic amines is 1. The number of alkyl halides is 3. The van der Waals surface area contributed by atoms with Gasteiger partial charge in [0.05, 0.1) is 10.5 Å². The van der Waals surface area contributed by atoms with Gasteiger partial charge in [-0.05, 0) is 48.5 Å². The molecule has 0 unspecified atom stereocenters. The van der Waals surface area contributed by atoms with E-state index in [0.717, 1.165) is 34.4 Å². The van der Waals surface area contributed by atoms with Crippen LogP contribution in [0.5, 0.6) is 0 Å². The third kappa shape index (κ3) is 4.87. The maximum absolute atomic E-state index is 14.6. The van der Waals surface area contributed by atoms with Gasteiger partial charge in [0, 0.05) is 19.2 Å². The molecular formula is C23H20F3N5O5S2. The second-order valence-corrected chi connectivity index (χ2v) is 10.5. The van der Waals surface area contributed by atoms with Crippen molar-refractivity contribution in [3.8, 4) is 0 Å². The number of H-pyrrole nitrogens is 1. The Morgan fingerprint density at radius 2 is 1.71 bits per heavy atom. The van der Waals surface area contributed by atoms with E-state index in [1.165, 1.54) is 11.6 Å². The first-order valence-corrected chi connectivity index (χ1v) is 12.9. The van der Waals surface area contributed by atoms with Gasteiger partial charge in [-0.1, -0.05) is 30.3 Å². The molecule has 15 heteroatoms. The average Bonchev–Trinajstić information content (AvgIpc) is 3.12. The Morgan fingerprint density at radius 3 is 2.29 bits per heavy atom. The van der Waals surface area contributed by atoms with Crippen molar-refractivity contribution < 1.29 is 31.2 Å². The van der Waals surface area contributed by atoms with Crippen LogP contribution < -0.4 is 20.9 Å². The Kier molecular flexibility index (Phi) is 7.03. The van der Waals surface area contributed by atoms with Crippen LogP contribution in [0, 0.1) is 4.77 Å². The minimum absolute atomic E-state index is 0.0203. The van der Waals surface area contributed by atoms with Gasteiger partial charge in [-0.25, -0.2) is 8.42 Å². The number of nitrogens with one attached hydrogen (secondary N) is 4. The van der Waals surface area contributed by atoms with E-state index in [1.807, 2.05) is 5.32 Å². The molecule has 1 aliphatic heterocycles. The third-order valence-electron chi connectivity index (χ3n) is 5.81. The monoisotopic (exact) mass is 567 g/mol. The number of hydrogen-bond acceptors (Lipinski definition) is 6. The molecule has 1 aromatic heterocycles. The van der Waals surface area contributed by atoms with Crippen LogP contribution in [0.4, 0.5) is 24.7 Å². The molecule has 2 heterocycles. The molecule has 0 fully saturated rings. The van der Waals surface area contributed by atoms with Gasteiger partial charge in [0.15, 0.2) is 4.77 Å². The highest BCUT2D eigenvalue weighted by molar-refractivity contribution is 7.89. The topological polar surface area (TPSA) is 142 Å². The summed E-state index contributed by atoms with van der Waals surface area (Å²) in [5.74, 6) is -2.81. The molecular weight excluding hydrogens is 547 g/mol. The molecule has 1 aliphatic rings. The summed E-state index contributed by atoms with van der Waals surface area (Å²) in [6.45, 7) is 1.20. The van der Waals surface area contributed by atoms with Crippen molar-refractivity contribution in [3.63, 3.8) is 0 Å². The van der Waals surface area contributed by atoms with Crippen molar-refractivity contribution >= 4 is 45.6 Å². The van der Waals surface area contributed by atoms with Crippen molar-refractivity contribution in [1.82, 2.24) is 14.3 Å². The maximum Gasteiger partial charge on any atom is 0.421 e. The average molecular weight is 568 g/mol. The Bertz CT molecular complexity index is 1640. The zero-order chi connectivity index (χ0) is 27.9. The Morgan fingerprint density at radius 1 is 1.08 bits per heavy atom. The highest BCUT2D eigenvalue weighted by Gasteiger charge is 2.69.